The fraction of sp³-hybridized carbons (Fsp3) is 0.133. The normalized spacial score (nSPS) is 12.4. The first kappa shape index (κ1) is 28.2. The molecule has 0 saturated carbocycles. The molecule has 0 radical (unpaired) electrons. The summed E-state index contributed by atoms with van der Waals surface area (Å²) in [6.07, 6.45) is 0. The third-order valence-corrected chi connectivity index (χ3v) is 7.48. The molecule has 0 saturated heterocycles. The average Bonchev–Trinajstić information content (AvgIpc) is 2.96. The van der Waals surface area contributed by atoms with Crippen LogP contribution in [0.2, 0.25) is 0 Å². The van der Waals surface area contributed by atoms with Crippen molar-refractivity contribution < 1.29 is 22.7 Å². The van der Waals surface area contributed by atoms with Crippen molar-refractivity contribution in [2.75, 3.05) is 12.4 Å². The number of hydrogen-bond donors (Lipinski definition) is 4. The zero-order chi connectivity index (χ0) is 28.5. The fourth-order valence-corrected chi connectivity index (χ4v) is 5.01. The van der Waals surface area contributed by atoms with Gasteiger partial charge in [0, 0.05) is 5.69 Å². The fourth-order valence-electron chi connectivity index (χ4n) is 4.09. The minimum absolute atomic E-state index is 0.0406. The Labute approximate surface area is 233 Å². The van der Waals surface area contributed by atoms with Crippen LogP contribution in [-0.2, 0) is 10.0 Å². The average molecular weight is 559 g/mol. The third kappa shape index (κ3) is 7.39. The maximum Gasteiger partial charge on any atom is 0.329 e. The van der Waals surface area contributed by atoms with Crippen molar-refractivity contribution in [3.63, 3.8) is 0 Å². The molecule has 9 nitrogen and oxygen atoms in total. The van der Waals surface area contributed by atoms with Gasteiger partial charge in [-0.1, -0.05) is 78.4 Å². The lowest BCUT2D eigenvalue weighted by Crippen LogP contribution is -2.46. The minimum atomic E-state index is -4.14. The summed E-state index contributed by atoms with van der Waals surface area (Å²) < 4.78 is 33.0. The Morgan fingerprint density at radius 2 is 1.18 bits per heavy atom. The standard InChI is InChI=1S/C30H30N4O5S/c1-21-13-19-26(20-14-21)40(37,38)34-30(36)33-28(23-11-7-4-8-12-23)27(22-9-5-3-6-10-22)32-29(35)31-24-15-17-25(39-2)18-16-24/h3-20,27-28H,1-2H3,(H2,31,32,35)(H2,33,34,36). The highest BCUT2D eigenvalue weighted by Gasteiger charge is 2.29. The minimum Gasteiger partial charge on any atom is -0.497 e. The molecule has 0 fully saturated rings. The zero-order valence-electron chi connectivity index (χ0n) is 22.0. The van der Waals surface area contributed by atoms with Gasteiger partial charge >= 0.3 is 12.1 Å². The smallest absolute Gasteiger partial charge is 0.329 e. The molecule has 4 N–H and O–H groups in total. The van der Waals surface area contributed by atoms with Gasteiger partial charge < -0.3 is 20.7 Å². The third-order valence-electron chi connectivity index (χ3n) is 6.13. The number of hydrogen-bond acceptors (Lipinski definition) is 5. The molecule has 10 heteroatoms. The Hall–Kier alpha value is -4.83. The molecule has 0 aliphatic rings. The number of carbonyl (C=O) groups excluding carboxylic acids is 2. The van der Waals surface area contributed by atoms with Crippen LogP contribution in [0, 0.1) is 6.92 Å². The maximum absolute atomic E-state index is 13.1. The Morgan fingerprint density at radius 3 is 1.68 bits per heavy atom. The molecular formula is C30H30N4O5S. The Balaban J connectivity index is 1.61. The van der Waals surface area contributed by atoms with Gasteiger partial charge in [-0.05, 0) is 54.4 Å². The molecule has 0 bridgehead atoms. The molecule has 4 rings (SSSR count). The topological polar surface area (TPSA) is 126 Å². The molecule has 40 heavy (non-hydrogen) atoms. The molecule has 4 aromatic rings. The van der Waals surface area contributed by atoms with Crippen LogP contribution >= 0.6 is 0 Å². The van der Waals surface area contributed by atoms with E-state index in [9.17, 15) is 18.0 Å². The molecule has 4 aromatic carbocycles. The molecule has 4 amide bonds. The van der Waals surface area contributed by atoms with E-state index < -0.39 is 34.2 Å². The first-order chi connectivity index (χ1) is 19.2. The number of anilines is 1. The van der Waals surface area contributed by atoms with Crippen LogP contribution in [0.15, 0.2) is 114 Å². The summed E-state index contributed by atoms with van der Waals surface area (Å²) in [6, 6.07) is 28.0. The lowest BCUT2D eigenvalue weighted by molar-refractivity contribution is 0.232. The molecule has 2 unspecified atom stereocenters. The van der Waals surface area contributed by atoms with Gasteiger partial charge in [0.15, 0.2) is 0 Å². The summed E-state index contributed by atoms with van der Waals surface area (Å²) in [5.41, 5.74) is 2.78. The molecular weight excluding hydrogens is 528 g/mol. The molecule has 0 heterocycles. The van der Waals surface area contributed by atoms with Crippen molar-refractivity contribution in [3.8, 4) is 5.75 Å². The summed E-state index contributed by atoms with van der Waals surface area (Å²) in [5.74, 6) is 0.646. The lowest BCUT2D eigenvalue weighted by atomic mass is 9.93. The highest BCUT2D eigenvalue weighted by Crippen LogP contribution is 2.29. The monoisotopic (exact) mass is 558 g/mol. The maximum atomic E-state index is 13.1. The Bertz CT molecular complexity index is 1530. The van der Waals surface area contributed by atoms with E-state index >= 15 is 0 Å². The molecule has 0 spiro atoms. The number of sulfonamides is 1. The van der Waals surface area contributed by atoms with Crippen molar-refractivity contribution in [2.45, 2.75) is 23.9 Å². The van der Waals surface area contributed by atoms with Crippen LogP contribution in [-0.4, -0.2) is 27.6 Å². The van der Waals surface area contributed by atoms with E-state index in [0.29, 0.717) is 22.6 Å². The first-order valence-electron chi connectivity index (χ1n) is 12.5. The van der Waals surface area contributed by atoms with E-state index in [1.165, 1.54) is 12.1 Å². The quantitative estimate of drug-likeness (QED) is 0.222. The van der Waals surface area contributed by atoms with Crippen molar-refractivity contribution in [2.24, 2.45) is 0 Å². The number of rotatable bonds is 9. The molecule has 0 aliphatic carbocycles. The van der Waals surface area contributed by atoms with E-state index in [1.54, 1.807) is 67.8 Å². The van der Waals surface area contributed by atoms with Crippen LogP contribution in [0.3, 0.4) is 0 Å². The highest BCUT2D eigenvalue weighted by molar-refractivity contribution is 7.90. The van der Waals surface area contributed by atoms with E-state index in [2.05, 4.69) is 20.7 Å². The van der Waals surface area contributed by atoms with Crippen molar-refractivity contribution in [3.05, 3.63) is 126 Å². The molecule has 0 aromatic heterocycles. The van der Waals surface area contributed by atoms with E-state index in [1.807, 2.05) is 43.3 Å². The number of benzene rings is 4. The number of nitrogens with one attached hydrogen (secondary N) is 4. The molecule has 2 atom stereocenters. The summed E-state index contributed by atoms with van der Waals surface area (Å²) >= 11 is 0. The Morgan fingerprint density at radius 1 is 0.675 bits per heavy atom. The van der Waals surface area contributed by atoms with Gasteiger partial charge in [-0.3, -0.25) is 0 Å². The van der Waals surface area contributed by atoms with E-state index in [0.717, 1.165) is 5.56 Å². The van der Waals surface area contributed by atoms with E-state index in [-0.39, 0.29) is 4.90 Å². The largest absolute Gasteiger partial charge is 0.497 e. The van der Waals surface area contributed by atoms with Gasteiger partial charge in [0.1, 0.15) is 5.75 Å². The van der Waals surface area contributed by atoms with Crippen molar-refractivity contribution in [1.82, 2.24) is 15.4 Å². The van der Waals surface area contributed by atoms with Gasteiger partial charge in [-0.15, -0.1) is 0 Å². The van der Waals surface area contributed by atoms with Gasteiger partial charge in [0.25, 0.3) is 10.0 Å². The van der Waals surface area contributed by atoms with Crippen LogP contribution in [0.4, 0.5) is 15.3 Å². The van der Waals surface area contributed by atoms with Crippen molar-refractivity contribution >= 4 is 27.8 Å². The number of ether oxygens (including phenoxy) is 1. The summed E-state index contributed by atoms with van der Waals surface area (Å²) in [4.78, 5) is 26.2. The molecule has 206 valence electrons. The SMILES string of the molecule is COc1ccc(NC(=O)NC(c2ccccc2)C(NC(=O)NS(=O)(=O)c2ccc(C)cc2)c2ccccc2)cc1. The van der Waals surface area contributed by atoms with Crippen LogP contribution in [0.1, 0.15) is 28.8 Å². The first-order valence-corrected chi connectivity index (χ1v) is 13.9. The number of urea groups is 2. The Kier molecular flexibility index (Phi) is 9.03. The van der Waals surface area contributed by atoms with Crippen LogP contribution in [0.5, 0.6) is 5.75 Å². The second kappa shape index (κ2) is 12.8. The summed E-state index contributed by atoms with van der Waals surface area (Å²) in [5, 5.41) is 8.49. The zero-order valence-corrected chi connectivity index (χ0v) is 22.8. The van der Waals surface area contributed by atoms with Gasteiger partial charge in [0.2, 0.25) is 0 Å². The number of aryl methyl sites for hydroxylation is 1. The predicted molar refractivity (Wildman–Crippen MR) is 154 cm³/mol. The van der Waals surface area contributed by atoms with Crippen molar-refractivity contribution in [1.29, 1.82) is 0 Å². The second-order valence-electron chi connectivity index (χ2n) is 9.00. The molecule has 0 aliphatic heterocycles. The summed E-state index contributed by atoms with van der Waals surface area (Å²) in [6.45, 7) is 1.84. The lowest BCUT2D eigenvalue weighted by Gasteiger charge is -2.30. The number of methoxy groups -OCH3 is 1. The van der Waals surface area contributed by atoms with Crippen LogP contribution < -0.4 is 25.4 Å². The number of amides is 4. The van der Waals surface area contributed by atoms with E-state index in [4.69, 9.17) is 4.74 Å². The highest BCUT2D eigenvalue weighted by atomic mass is 32.2. The summed E-state index contributed by atoms with van der Waals surface area (Å²) in [7, 11) is -2.58. The second-order valence-corrected chi connectivity index (χ2v) is 10.7. The number of carbonyl (C=O) groups is 2. The van der Waals surface area contributed by atoms with Crippen LogP contribution in [0.25, 0.3) is 0 Å². The van der Waals surface area contributed by atoms with Gasteiger partial charge in [-0.25, -0.2) is 22.7 Å². The predicted octanol–water partition coefficient (Wildman–Crippen LogP) is 5.30. The van der Waals surface area contributed by atoms with Gasteiger partial charge in [-0.2, -0.15) is 0 Å². The van der Waals surface area contributed by atoms with Gasteiger partial charge in [0.05, 0.1) is 24.1 Å².